The van der Waals surface area contributed by atoms with Crippen molar-refractivity contribution in [3.05, 3.63) is 59.7 Å². The van der Waals surface area contributed by atoms with E-state index in [1.165, 1.54) is 24.3 Å². The first-order chi connectivity index (χ1) is 12.7. The second-order valence-corrected chi connectivity index (χ2v) is 9.88. The molecule has 0 aromatic heterocycles. The van der Waals surface area contributed by atoms with Gasteiger partial charge in [-0.2, -0.15) is 16.8 Å². The Morgan fingerprint density at radius 2 is 1.00 bits per heavy atom. The standard InChI is InChI=1S/C19H22O6S2/c1-14-6-10-16(11-7-14)26(20,21)24-18-4-3-5-19(18)25-27(22,23)17-12-8-15(2)9-13-17/h6-13,18-19H,3-5H2,1-2H3/t18-,19+. The van der Waals surface area contributed by atoms with Crippen LogP contribution in [0.4, 0.5) is 0 Å². The molecular weight excluding hydrogens is 388 g/mol. The largest absolute Gasteiger partial charge is 0.297 e. The first-order valence-corrected chi connectivity index (χ1v) is 11.5. The number of rotatable bonds is 6. The minimum atomic E-state index is -3.99. The molecule has 27 heavy (non-hydrogen) atoms. The fraction of sp³-hybridized carbons (Fsp3) is 0.368. The first-order valence-electron chi connectivity index (χ1n) is 8.67. The van der Waals surface area contributed by atoms with Crippen LogP contribution in [0.2, 0.25) is 0 Å². The van der Waals surface area contributed by atoms with Crippen molar-refractivity contribution in [3.8, 4) is 0 Å². The van der Waals surface area contributed by atoms with Crippen LogP contribution in [0.25, 0.3) is 0 Å². The highest BCUT2D eigenvalue weighted by atomic mass is 32.2. The van der Waals surface area contributed by atoms with Crippen molar-refractivity contribution in [1.82, 2.24) is 0 Å². The summed E-state index contributed by atoms with van der Waals surface area (Å²) in [5.74, 6) is 0. The zero-order chi connectivity index (χ0) is 19.7. The molecule has 8 heteroatoms. The Kier molecular flexibility index (Phi) is 5.71. The highest BCUT2D eigenvalue weighted by Crippen LogP contribution is 2.31. The summed E-state index contributed by atoms with van der Waals surface area (Å²) in [6.45, 7) is 3.71. The van der Waals surface area contributed by atoms with E-state index in [9.17, 15) is 16.8 Å². The van der Waals surface area contributed by atoms with Crippen molar-refractivity contribution >= 4 is 20.2 Å². The van der Waals surface area contributed by atoms with Crippen LogP contribution >= 0.6 is 0 Å². The average molecular weight is 411 g/mol. The maximum atomic E-state index is 12.5. The fourth-order valence-electron chi connectivity index (χ4n) is 2.96. The summed E-state index contributed by atoms with van der Waals surface area (Å²) in [6, 6.07) is 12.6. The van der Waals surface area contributed by atoms with Crippen LogP contribution in [0, 0.1) is 13.8 Å². The molecule has 3 rings (SSSR count). The van der Waals surface area contributed by atoms with Gasteiger partial charge in [-0.05, 0) is 57.4 Å². The molecule has 2 atom stereocenters. The molecule has 6 nitrogen and oxygen atoms in total. The number of hydrogen-bond donors (Lipinski definition) is 0. The molecular formula is C19H22O6S2. The van der Waals surface area contributed by atoms with Crippen LogP contribution in [-0.2, 0) is 28.6 Å². The summed E-state index contributed by atoms with van der Waals surface area (Å²) in [6.07, 6.45) is -0.214. The Balaban J connectivity index is 1.75. The molecule has 0 aliphatic heterocycles. The lowest BCUT2D eigenvalue weighted by molar-refractivity contribution is 0.0871. The van der Waals surface area contributed by atoms with Gasteiger partial charge in [0, 0.05) is 0 Å². The van der Waals surface area contributed by atoms with E-state index in [0.717, 1.165) is 11.1 Å². The molecule has 1 aliphatic rings. The third-order valence-corrected chi connectivity index (χ3v) is 7.21. The molecule has 0 unspecified atom stereocenters. The molecule has 0 spiro atoms. The fourth-order valence-corrected chi connectivity index (χ4v) is 5.21. The summed E-state index contributed by atoms with van der Waals surface area (Å²) >= 11 is 0. The van der Waals surface area contributed by atoms with E-state index >= 15 is 0 Å². The van der Waals surface area contributed by atoms with Crippen molar-refractivity contribution in [3.63, 3.8) is 0 Å². The van der Waals surface area contributed by atoms with E-state index in [1.807, 2.05) is 13.8 Å². The van der Waals surface area contributed by atoms with Gasteiger partial charge in [0.2, 0.25) is 0 Å². The maximum absolute atomic E-state index is 12.5. The molecule has 2 aromatic rings. The SMILES string of the molecule is Cc1ccc(S(=O)(=O)O[C@H]2CCC[C@H]2OS(=O)(=O)c2ccc(C)cc2)cc1. The van der Waals surface area contributed by atoms with Crippen molar-refractivity contribution < 1.29 is 25.2 Å². The van der Waals surface area contributed by atoms with Crippen molar-refractivity contribution in [2.24, 2.45) is 0 Å². The molecule has 0 saturated heterocycles. The summed E-state index contributed by atoms with van der Waals surface area (Å²) in [5.41, 5.74) is 1.86. The predicted octanol–water partition coefficient (Wildman–Crippen LogP) is 3.34. The molecule has 1 saturated carbocycles. The minimum absolute atomic E-state index is 0.0418. The maximum Gasteiger partial charge on any atom is 0.297 e. The summed E-state index contributed by atoms with van der Waals surface area (Å²) in [4.78, 5) is 0.0836. The Morgan fingerprint density at radius 3 is 1.33 bits per heavy atom. The van der Waals surface area contributed by atoms with Crippen LogP contribution in [0.15, 0.2) is 58.3 Å². The smallest absolute Gasteiger partial charge is 0.260 e. The van der Waals surface area contributed by atoms with Gasteiger partial charge in [0.05, 0.1) is 9.79 Å². The van der Waals surface area contributed by atoms with E-state index in [4.69, 9.17) is 8.37 Å². The Hall–Kier alpha value is -1.74. The van der Waals surface area contributed by atoms with Gasteiger partial charge in [0.25, 0.3) is 20.2 Å². The molecule has 0 heterocycles. The molecule has 0 N–H and O–H groups in total. The van der Waals surface area contributed by atoms with Gasteiger partial charge in [-0.3, -0.25) is 8.37 Å². The quantitative estimate of drug-likeness (QED) is 0.679. The average Bonchev–Trinajstić information content (AvgIpc) is 3.01. The third-order valence-electron chi connectivity index (χ3n) is 4.51. The molecule has 0 bridgehead atoms. The van der Waals surface area contributed by atoms with E-state index < -0.39 is 32.4 Å². The van der Waals surface area contributed by atoms with Gasteiger partial charge in [0.15, 0.2) is 0 Å². The normalized spacial score (nSPS) is 20.7. The van der Waals surface area contributed by atoms with E-state index in [1.54, 1.807) is 24.3 Å². The van der Waals surface area contributed by atoms with Crippen LogP contribution in [0.5, 0.6) is 0 Å². The second kappa shape index (κ2) is 7.71. The lowest BCUT2D eigenvalue weighted by atomic mass is 10.2. The Labute approximate surface area is 160 Å². The van der Waals surface area contributed by atoms with Crippen molar-refractivity contribution in [2.45, 2.75) is 55.1 Å². The summed E-state index contributed by atoms with van der Waals surface area (Å²) < 4.78 is 60.6. The monoisotopic (exact) mass is 410 g/mol. The van der Waals surface area contributed by atoms with Gasteiger partial charge in [-0.15, -0.1) is 0 Å². The van der Waals surface area contributed by atoms with E-state index in [-0.39, 0.29) is 9.79 Å². The molecule has 0 amide bonds. The minimum Gasteiger partial charge on any atom is -0.260 e. The molecule has 0 radical (unpaired) electrons. The van der Waals surface area contributed by atoms with Crippen molar-refractivity contribution in [1.29, 1.82) is 0 Å². The second-order valence-electron chi connectivity index (χ2n) is 6.73. The summed E-state index contributed by atoms with van der Waals surface area (Å²) in [7, 11) is -7.99. The topological polar surface area (TPSA) is 86.7 Å². The van der Waals surface area contributed by atoms with Gasteiger partial charge < -0.3 is 0 Å². The third kappa shape index (κ3) is 4.76. The van der Waals surface area contributed by atoms with Crippen LogP contribution in [-0.4, -0.2) is 29.0 Å². The highest BCUT2D eigenvalue weighted by molar-refractivity contribution is 7.87. The molecule has 146 valence electrons. The number of hydrogen-bond acceptors (Lipinski definition) is 6. The van der Waals surface area contributed by atoms with Gasteiger partial charge in [-0.1, -0.05) is 35.4 Å². The lowest BCUT2D eigenvalue weighted by Crippen LogP contribution is -2.30. The number of benzene rings is 2. The first kappa shape index (κ1) is 20.0. The van der Waals surface area contributed by atoms with E-state index in [2.05, 4.69) is 0 Å². The lowest BCUT2D eigenvalue weighted by Gasteiger charge is -2.20. The van der Waals surface area contributed by atoms with Crippen LogP contribution in [0.1, 0.15) is 30.4 Å². The van der Waals surface area contributed by atoms with Gasteiger partial charge >= 0.3 is 0 Å². The van der Waals surface area contributed by atoms with Crippen LogP contribution in [0.3, 0.4) is 0 Å². The van der Waals surface area contributed by atoms with Gasteiger partial charge in [0.1, 0.15) is 12.2 Å². The van der Waals surface area contributed by atoms with Crippen LogP contribution < -0.4 is 0 Å². The number of aryl methyl sites for hydroxylation is 2. The molecule has 2 aromatic carbocycles. The highest BCUT2D eigenvalue weighted by Gasteiger charge is 2.37. The van der Waals surface area contributed by atoms with E-state index in [0.29, 0.717) is 19.3 Å². The zero-order valence-corrected chi connectivity index (χ0v) is 16.8. The van der Waals surface area contributed by atoms with Crippen molar-refractivity contribution in [2.75, 3.05) is 0 Å². The molecule has 1 aliphatic carbocycles. The predicted molar refractivity (Wildman–Crippen MR) is 100 cm³/mol. The Morgan fingerprint density at radius 1 is 0.667 bits per heavy atom. The zero-order valence-electron chi connectivity index (χ0n) is 15.2. The summed E-state index contributed by atoms with van der Waals surface area (Å²) in [5, 5.41) is 0. The van der Waals surface area contributed by atoms with Gasteiger partial charge in [-0.25, -0.2) is 0 Å². The Bertz CT molecular complexity index is 910. The molecule has 1 fully saturated rings.